The average Bonchev–Trinajstić information content (AvgIpc) is 2.73. The molecular weight excluding hydrogens is 411 g/mol. The number of ether oxygens (including phenoxy) is 1. The minimum atomic E-state index is -2.92. The van der Waals surface area contributed by atoms with E-state index in [0.29, 0.717) is 47.5 Å². The van der Waals surface area contributed by atoms with Gasteiger partial charge in [-0.1, -0.05) is 25.2 Å². The van der Waals surface area contributed by atoms with Crippen molar-refractivity contribution < 1.29 is 14.2 Å². The van der Waals surface area contributed by atoms with E-state index in [4.69, 9.17) is 15.5 Å². The molecule has 3 N–H and O–H groups in total. The molecule has 0 spiro atoms. The summed E-state index contributed by atoms with van der Waals surface area (Å²) in [5.74, 6) is 2.28. The minimum Gasteiger partial charge on any atom is -0.463 e. The lowest BCUT2D eigenvalue weighted by molar-refractivity contribution is 0.171. The lowest BCUT2D eigenvalue weighted by atomic mass is 9.73. The standard InChI is InChI=1S/C23H33N4O3P/c1-4-31(28,29)13-15-5-7-16(8-6-15)17-9-11-18(12-10-17)20-23(2,3)30-22-19(27-20)21(24)25-14-26-22/h9,11-12,14-17H,4-8,10,13H2,1-3H3,(H,28,29)(H2,24,25,26). The molecule has 0 saturated heterocycles. The van der Waals surface area contributed by atoms with Crippen molar-refractivity contribution in [2.75, 3.05) is 18.1 Å². The highest BCUT2D eigenvalue weighted by molar-refractivity contribution is 7.57. The van der Waals surface area contributed by atoms with Gasteiger partial charge >= 0.3 is 0 Å². The van der Waals surface area contributed by atoms with Gasteiger partial charge in [0.1, 0.15) is 11.9 Å². The van der Waals surface area contributed by atoms with E-state index in [0.717, 1.165) is 43.4 Å². The van der Waals surface area contributed by atoms with Crippen LogP contribution in [0.15, 0.2) is 35.1 Å². The van der Waals surface area contributed by atoms with Gasteiger partial charge in [-0.3, -0.25) is 4.57 Å². The van der Waals surface area contributed by atoms with Gasteiger partial charge in [-0.2, -0.15) is 4.98 Å². The molecule has 4 rings (SSSR count). The quantitative estimate of drug-likeness (QED) is 0.625. The minimum absolute atomic E-state index is 0.323. The fourth-order valence-electron chi connectivity index (χ4n) is 5.00. The summed E-state index contributed by atoms with van der Waals surface area (Å²) in [5, 5.41) is 0. The Hall–Kier alpha value is -1.98. The lowest BCUT2D eigenvalue weighted by Gasteiger charge is -2.35. The first-order chi connectivity index (χ1) is 14.7. The Morgan fingerprint density at radius 1 is 1.26 bits per heavy atom. The number of hydrogen-bond donors (Lipinski definition) is 2. The van der Waals surface area contributed by atoms with Crippen LogP contribution in [-0.2, 0) is 4.57 Å². The Labute approximate surface area is 184 Å². The molecule has 31 heavy (non-hydrogen) atoms. The molecule has 1 aliphatic heterocycles. The molecule has 1 aromatic heterocycles. The van der Waals surface area contributed by atoms with Crippen molar-refractivity contribution in [1.82, 2.24) is 9.97 Å². The third-order valence-corrected chi connectivity index (χ3v) is 8.98. The van der Waals surface area contributed by atoms with Crippen molar-refractivity contribution in [3.8, 4) is 5.88 Å². The van der Waals surface area contributed by atoms with Crippen LogP contribution in [0.1, 0.15) is 52.9 Å². The van der Waals surface area contributed by atoms with E-state index in [1.165, 1.54) is 6.33 Å². The number of anilines is 1. The summed E-state index contributed by atoms with van der Waals surface area (Å²) in [5.41, 5.74) is 7.79. The molecule has 168 valence electrons. The third-order valence-electron chi connectivity index (χ3n) is 6.90. The Morgan fingerprint density at radius 3 is 2.65 bits per heavy atom. The molecule has 8 heteroatoms. The largest absolute Gasteiger partial charge is 0.463 e. The first-order valence-electron chi connectivity index (χ1n) is 11.3. The fourth-order valence-corrected chi connectivity index (χ4v) is 6.43. The van der Waals surface area contributed by atoms with E-state index in [2.05, 4.69) is 28.2 Å². The molecule has 0 aromatic carbocycles. The van der Waals surface area contributed by atoms with Crippen LogP contribution >= 0.6 is 7.37 Å². The van der Waals surface area contributed by atoms with Gasteiger partial charge in [-0.05, 0) is 69.3 Å². The zero-order valence-electron chi connectivity index (χ0n) is 18.6. The highest BCUT2D eigenvalue weighted by Gasteiger charge is 2.37. The number of nitrogens with two attached hydrogens (primary N) is 1. The molecular formula is C23H33N4O3P. The topological polar surface area (TPSA) is 111 Å². The Kier molecular flexibility index (Phi) is 6.10. The summed E-state index contributed by atoms with van der Waals surface area (Å²) < 4.78 is 18.2. The van der Waals surface area contributed by atoms with E-state index in [9.17, 15) is 9.46 Å². The molecule has 7 nitrogen and oxygen atoms in total. The van der Waals surface area contributed by atoms with Crippen LogP contribution in [0.3, 0.4) is 0 Å². The van der Waals surface area contributed by atoms with E-state index < -0.39 is 13.0 Å². The molecule has 1 fully saturated rings. The predicted octanol–water partition coefficient (Wildman–Crippen LogP) is 4.90. The smallest absolute Gasteiger partial charge is 0.246 e. The van der Waals surface area contributed by atoms with E-state index in [1.54, 1.807) is 0 Å². The number of nitrogens with zero attached hydrogens (tertiary/aromatic N) is 3. The second kappa shape index (κ2) is 8.51. The molecule has 3 aliphatic rings. The monoisotopic (exact) mass is 444 g/mol. The normalized spacial score (nSPS) is 29.2. The van der Waals surface area contributed by atoms with E-state index in [-0.39, 0.29) is 0 Å². The van der Waals surface area contributed by atoms with Crippen molar-refractivity contribution in [2.45, 2.75) is 58.5 Å². The summed E-state index contributed by atoms with van der Waals surface area (Å²) in [6.45, 7) is 5.79. The molecule has 2 unspecified atom stereocenters. The molecule has 2 heterocycles. The van der Waals surface area contributed by atoms with Crippen LogP contribution in [-0.4, -0.2) is 38.5 Å². The maximum atomic E-state index is 12.1. The van der Waals surface area contributed by atoms with Crippen LogP contribution in [0.25, 0.3) is 0 Å². The van der Waals surface area contributed by atoms with E-state index >= 15 is 0 Å². The van der Waals surface area contributed by atoms with Crippen molar-refractivity contribution in [1.29, 1.82) is 0 Å². The number of allylic oxidation sites excluding steroid dienone is 3. The Morgan fingerprint density at radius 2 is 2.00 bits per heavy atom. The third kappa shape index (κ3) is 4.78. The SMILES string of the molecule is CCP(=O)(O)CC1CCC(C2C=CC(C3=Nc4c(N)ncnc4OC3(C)C)=CC2)CC1. The van der Waals surface area contributed by atoms with Crippen LogP contribution < -0.4 is 10.5 Å². The number of aromatic nitrogens is 2. The number of fused-ring (bicyclic) bond motifs is 1. The highest BCUT2D eigenvalue weighted by Crippen LogP contribution is 2.47. The fraction of sp³-hybridized carbons (Fsp3) is 0.609. The zero-order chi connectivity index (χ0) is 22.2. The number of aliphatic imine (C=N–C) groups is 1. The molecule has 0 amide bonds. The van der Waals surface area contributed by atoms with Crippen molar-refractivity contribution in [3.05, 3.63) is 30.1 Å². The van der Waals surface area contributed by atoms with Crippen LogP contribution in [0.4, 0.5) is 11.5 Å². The summed E-state index contributed by atoms with van der Waals surface area (Å²) in [7, 11) is -2.92. The van der Waals surface area contributed by atoms with Gasteiger partial charge in [-0.25, -0.2) is 9.98 Å². The van der Waals surface area contributed by atoms with Gasteiger partial charge in [0.2, 0.25) is 13.2 Å². The van der Waals surface area contributed by atoms with Gasteiger partial charge in [0.25, 0.3) is 0 Å². The maximum absolute atomic E-state index is 12.1. The summed E-state index contributed by atoms with van der Waals surface area (Å²) in [6.07, 6.45) is 14.3. The second-order valence-electron chi connectivity index (χ2n) is 9.53. The number of hydrogen-bond acceptors (Lipinski definition) is 6. The zero-order valence-corrected chi connectivity index (χ0v) is 19.5. The first kappa shape index (κ1) is 22.2. The Balaban J connectivity index is 1.42. The lowest BCUT2D eigenvalue weighted by Crippen LogP contribution is -2.41. The molecule has 0 radical (unpaired) electrons. The number of rotatable bonds is 5. The van der Waals surface area contributed by atoms with Crippen molar-refractivity contribution >= 4 is 24.6 Å². The Bertz CT molecular complexity index is 977. The molecule has 0 bridgehead atoms. The summed E-state index contributed by atoms with van der Waals surface area (Å²) in [4.78, 5) is 23.0. The highest BCUT2D eigenvalue weighted by atomic mass is 31.2. The first-order valence-corrected chi connectivity index (χ1v) is 13.3. The van der Waals surface area contributed by atoms with Gasteiger partial charge in [-0.15, -0.1) is 0 Å². The van der Waals surface area contributed by atoms with Crippen molar-refractivity contribution in [2.24, 2.45) is 22.7 Å². The van der Waals surface area contributed by atoms with Crippen molar-refractivity contribution in [3.63, 3.8) is 0 Å². The molecule has 2 aliphatic carbocycles. The van der Waals surface area contributed by atoms with Gasteiger partial charge in [0.15, 0.2) is 11.5 Å². The molecule has 2 atom stereocenters. The summed E-state index contributed by atoms with van der Waals surface area (Å²) in [6, 6.07) is 0. The van der Waals surface area contributed by atoms with Crippen LogP contribution in [0, 0.1) is 17.8 Å². The maximum Gasteiger partial charge on any atom is 0.246 e. The van der Waals surface area contributed by atoms with Gasteiger partial charge < -0.3 is 15.4 Å². The summed E-state index contributed by atoms with van der Waals surface area (Å²) >= 11 is 0. The molecule has 1 saturated carbocycles. The second-order valence-corrected chi connectivity index (χ2v) is 12.2. The van der Waals surface area contributed by atoms with Crippen LogP contribution in [0.2, 0.25) is 0 Å². The molecule has 1 aromatic rings. The average molecular weight is 445 g/mol. The van der Waals surface area contributed by atoms with Gasteiger partial charge in [0, 0.05) is 12.3 Å². The predicted molar refractivity (Wildman–Crippen MR) is 124 cm³/mol. The van der Waals surface area contributed by atoms with Gasteiger partial charge in [0.05, 0.1) is 5.71 Å². The van der Waals surface area contributed by atoms with E-state index in [1.807, 2.05) is 20.8 Å². The van der Waals surface area contributed by atoms with Crippen LogP contribution in [0.5, 0.6) is 5.88 Å². The number of nitrogen functional groups attached to an aromatic ring is 1.